The van der Waals surface area contributed by atoms with Crippen LogP contribution in [0.1, 0.15) is 0 Å². The van der Waals surface area contributed by atoms with Gasteiger partial charge in [0.05, 0.1) is 38.3 Å². The Hall–Kier alpha value is -0.520. The number of halogens is 2. The van der Waals surface area contributed by atoms with Crippen molar-refractivity contribution in [3.63, 3.8) is 0 Å². The van der Waals surface area contributed by atoms with E-state index in [1.807, 2.05) is 0 Å². The van der Waals surface area contributed by atoms with Crippen LogP contribution in [-0.4, -0.2) is 13.4 Å². The Morgan fingerprint density at radius 2 is 2.12 bits per heavy atom. The van der Waals surface area contributed by atoms with Gasteiger partial charge in [0.15, 0.2) is 5.75 Å². The predicted molar refractivity (Wildman–Crippen MR) is 63.9 cm³/mol. The molecule has 0 unspecified atom stereocenters. The third-order valence-electron chi connectivity index (χ3n) is 1.92. The Bertz CT molecular complexity index is 593. The van der Waals surface area contributed by atoms with E-state index in [2.05, 4.69) is 20.7 Å². The zero-order valence-corrected chi connectivity index (χ0v) is 10.9. The maximum absolute atomic E-state index is 10.8. The van der Waals surface area contributed by atoms with E-state index in [1.165, 1.54) is 9.79 Å². The summed E-state index contributed by atoms with van der Waals surface area (Å²) in [7, 11) is -4.59. The van der Waals surface area contributed by atoms with Gasteiger partial charge < -0.3 is 4.52 Å². The molecule has 86 valence electrons. The molecule has 0 radical (unpaired) electrons. The van der Waals surface area contributed by atoms with E-state index in [0.717, 1.165) is 0 Å². The zero-order valence-electron chi connectivity index (χ0n) is 7.67. The van der Waals surface area contributed by atoms with Crippen LogP contribution >= 0.6 is 35.6 Å². The van der Waals surface area contributed by atoms with Gasteiger partial charge in [-0.1, -0.05) is 17.7 Å². The quantitative estimate of drug-likeness (QED) is 0.832. The number of rotatable bonds is 2. The Kier molecular flexibility index (Phi) is 3.03. The number of phosphoric ester groups is 1. The topological polar surface area (TPSA) is 71.7 Å². The molecule has 0 amide bonds. The molecule has 0 aliphatic heterocycles. The van der Waals surface area contributed by atoms with Gasteiger partial charge in [-0.15, -0.1) is 0 Å². The molecule has 0 saturated carbocycles. The molecule has 0 atom stereocenters. The van der Waals surface area contributed by atoms with Crippen LogP contribution in [0.3, 0.4) is 0 Å². The Balaban J connectivity index is 2.67. The molecule has 1 heterocycles. The first kappa shape index (κ1) is 12.0. The highest BCUT2D eigenvalue weighted by molar-refractivity contribution is 9.08. The van der Waals surface area contributed by atoms with E-state index in [4.69, 9.17) is 21.4 Å². The Morgan fingerprint density at radius 1 is 1.44 bits per heavy atom. The molecular formula is C8H6BrClNO4P. The molecule has 0 bridgehead atoms. The second kappa shape index (κ2) is 4.05. The number of hydrogen-bond donors (Lipinski definition) is 2. The molecule has 0 spiro atoms. The molecule has 1 aromatic carbocycles. The van der Waals surface area contributed by atoms with Crippen LogP contribution < -0.4 is 4.52 Å². The van der Waals surface area contributed by atoms with Crippen LogP contribution in [0.5, 0.6) is 5.75 Å². The van der Waals surface area contributed by atoms with Gasteiger partial charge in [0.2, 0.25) is 0 Å². The number of hydrogen-bond acceptors (Lipinski definition) is 2. The van der Waals surface area contributed by atoms with Crippen LogP contribution in [0.15, 0.2) is 24.4 Å². The molecule has 2 aromatic rings. The first-order valence-electron chi connectivity index (χ1n) is 4.09. The molecule has 0 saturated heterocycles. The van der Waals surface area contributed by atoms with Gasteiger partial charge in [-0.3, -0.25) is 13.4 Å². The normalized spacial score (nSPS) is 12.0. The first-order valence-corrected chi connectivity index (χ1v) is 6.71. The fraction of sp³-hybridized carbons (Fsp3) is 0. The summed E-state index contributed by atoms with van der Waals surface area (Å²) in [5.74, 6) is 0.0332. The number of phosphoric acid groups is 1. The van der Waals surface area contributed by atoms with E-state index in [0.29, 0.717) is 15.9 Å². The minimum Gasteiger partial charge on any atom is -0.402 e. The van der Waals surface area contributed by atoms with E-state index >= 15 is 0 Å². The van der Waals surface area contributed by atoms with Crippen molar-refractivity contribution >= 4 is 46.5 Å². The molecule has 0 aliphatic rings. The van der Waals surface area contributed by atoms with Gasteiger partial charge in [-0.25, -0.2) is 4.57 Å². The highest BCUT2D eigenvalue weighted by Crippen LogP contribution is 2.43. The second-order valence-electron chi connectivity index (χ2n) is 3.02. The van der Waals surface area contributed by atoms with Crippen molar-refractivity contribution in [3.8, 4) is 5.75 Å². The van der Waals surface area contributed by atoms with E-state index in [1.54, 1.807) is 18.2 Å². The minimum atomic E-state index is -4.59. The summed E-state index contributed by atoms with van der Waals surface area (Å²) < 4.78 is 16.8. The number of aromatic nitrogens is 1. The molecule has 0 fully saturated rings. The third kappa shape index (κ3) is 2.26. The summed E-state index contributed by atoms with van der Waals surface area (Å²) in [5, 5.41) is 0.809. The number of benzene rings is 1. The summed E-state index contributed by atoms with van der Waals surface area (Å²) in [6.07, 6.45) is 1.40. The highest BCUT2D eigenvalue weighted by atomic mass is 79.9. The molecule has 2 rings (SSSR count). The molecule has 5 nitrogen and oxygen atoms in total. The lowest BCUT2D eigenvalue weighted by molar-refractivity contribution is 0.284. The van der Waals surface area contributed by atoms with E-state index in [-0.39, 0.29) is 5.75 Å². The average molecular weight is 326 g/mol. The van der Waals surface area contributed by atoms with Crippen LogP contribution in [0.2, 0.25) is 5.02 Å². The number of fused-ring (bicyclic) bond motifs is 1. The van der Waals surface area contributed by atoms with Crippen molar-refractivity contribution in [2.45, 2.75) is 0 Å². The van der Waals surface area contributed by atoms with Crippen LogP contribution in [0.4, 0.5) is 0 Å². The summed E-state index contributed by atoms with van der Waals surface area (Å²) in [4.78, 5) is 17.5. The standard InChI is InChI=1S/C8H6BrClNO4P/c9-11-4-7(15-16(12,13)14)8-5(10)2-1-3-6(8)11/h1-4H,(H2,12,13,14). The maximum Gasteiger partial charge on any atom is 0.524 e. The van der Waals surface area contributed by atoms with Crippen molar-refractivity contribution in [2.75, 3.05) is 0 Å². The fourth-order valence-electron chi connectivity index (χ4n) is 1.37. The lowest BCUT2D eigenvalue weighted by Crippen LogP contribution is -1.88. The summed E-state index contributed by atoms with van der Waals surface area (Å²) >= 11 is 9.12. The Morgan fingerprint density at radius 3 is 2.75 bits per heavy atom. The first-order chi connectivity index (χ1) is 7.38. The van der Waals surface area contributed by atoms with Crippen molar-refractivity contribution in [2.24, 2.45) is 0 Å². The van der Waals surface area contributed by atoms with E-state index in [9.17, 15) is 4.57 Å². The van der Waals surface area contributed by atoms with Crippen molar-refractivity contribution < 1.29 is 18.9 Å². The molecule has 8 heteroatoms. The van der Waals surface area contributed by atoms with Crippen molar-refractivity contribution in [1.29, 1.82) is 0 Å². The van der Waals surface area contributed by atoms with Gasteiger partial charge in [-0.05, 0) is 12.1 Å². The molecule has 1 aromatic heterocycles. The van der Waals surface area contributed by atoms with Gasteiger partial charge in [0.25, 0.3) is 0 Å². The monoisotopic (exact) mass is 325 g/mol. The SMILES string of the molecule is O=P(O)(O)Oc1cn(Br)c2cccc(Cl)c12. The average Bonchev–Trinajstić information content (AvgIpc) is 2.42. The van der Waals surface area contributed by atoms with Crippen LogP contribution in [0, 0.1) is 0 Å². The summed E-state index contributed by atoms with van der Waals surface area (Å²) in [6.45, 7) is 0. The third-order valence-corrected chi connectivity index (χ3v) is 3.25. The number of nitrogens with zero attached hydrogens (tertiary/aromatic N) is 1. The molecule has 2 N–H and O–H groups in total. The zero-order chi connectivity index (χ0) is 11.9. The second-order valence-corrected chi connectivity index (χ2v) is 5.36. The molecule has 0 aliphatic carbocycles. The maximum atomic E-state index is 10.8. The lowest BCUT2D eigenvalue weighted by Gasteiger charge is -2.05. The predicted octanol–water partition coefficient (Wildman–Crippen LogP) is 2.92. The van der Waals surface area contributed by atoms with Gasteiger partial charge in [-0.2, -0.15) is 0 Å². The molecule has 16 heavy (non-hydrogen) atoms. The smallest absolute Gasteiger partial charge is 0.402 e. The largest absolute Gasteiger partial charge is 0.524 e. The lowest BCUT2D eigenvalue weighted by atomic mass is 10.2. The van der Waals surface area contributed by atoms with Crippen molar-refractivity contribution in [3.05, 3.63) is 29.4 Å². The van der Waals surface area contributed by atoms with E-state index < -0.39 is 7.82 Å². The van der Waals surface area contributed by atoms with Gasteiger partial charge >= 0.3 is 7.82 Å². The Labute approximate surface area is 104 Å². The van der Waals surface area contributed by atoms with Crippen molar-refractivity contribution in [1.82, 2.24) is 3.59 Å². The van der Waals surface area contributed by atoms with Crippen LogP contribution in [0.25, 0.3) is 10.9 Å². The summed E-state index contributed by atoms with van der Waals surface area (Å²) in [6, 6.07) is 5.08. The summed E-state index contributed by atoms with van der Waals surface area (Å²) in [5.41, 5.74) is 0.663. The highest BCUT2D eigenvalue weighted by Gasteiger charge is 2.21. The van der Waals surface area contributed by atoms with Gasteiger partial charge in [0.1, 0.15) is 0 Å². The molecular weight excluding hydrogens is 320 g/mol. The minimum absolute atomic E-state index is 0.0332. The van der Waals surface area contributed by atoms with Gasteiger partial charge in [0, 0.05) is 0 Å². The van der Waals surface area contributed by atoms with Crippen LogP contribution in [-0.2, 0) is 4.57 Å². The fourth-order valence-corrected chi connectivity index (χ4v) is 2.51.